The third-order valence-electron chi connectivity index (χ3n) is 2.25. The average molecular weight is 233 g/mol. The highest BCUT2D eigenvalue weighted by Crippen LogP contribution is 2.26. The lowest BCUT2D eigenvalue weighted by molar-refractivity contribution is 0.964. The highest BCUT2D eigenvalue weighted by atomic mass is 32.1. The van der Waals surface area contributed by atoms with Gasteiger partial charge in [-0.1, -0.05) is 48.1 Å². The molecule has 3 nitrogen and oxygen atoms in total. The average Bonchev–Trinajstić information content (AvgIpc) is 2.76. The molecule has 0 spiro atoms. The van der Waals surface area contributed by atoms with Crippen molar-refractivity contribution in [3.05, 3.63) is 29.8 Å². The first-order valence-electron chi connectivity index (χ1n) is 5.44. The van der Waals surface area contributed by atoms with Crippen molar-refractivity contribution in [3.63, 3.8) is 0 Å². The van der Waals surface area contributed by atoms with Crippen LogP contribution in [0.1, 0.15) is 18.9 Å². The Morgan fingerprint density at radius 3 is 2.62 bits per heavy atom. The number of aryl methyl sites for hydroxylation is 1. The van der Waals surface area contributed by atoms with E-state index in [0.717, 1.165) is 28.7 Å². The Labute approximate surface area is 99.5 Å². The SMILES string of the molecule is CCCNc1nnc(-c2ccc(C)cc2)s1. The molecule has 2 aromatic rings. The van der Waals surface area contributed by atoms with Crippen LogP contribution in [0.4, 0.5) is 5.13 Å². The van der Waals surface area contributed by atoms with Gasteiger partial charge < -0.3 is 5.32 Å². The third-order valence-corrected chi connectivity index (χ3v) is 3.18. The molecule has 0 aliphatic rings. The van der Waals surface area contributed by atoms with E-state index in [1.165, 1.54) is 5.56 Å². The third kappa shape index (κ3) is 2.58. The van der Waals surface area contributed by atoms with Gasteiger partial charge in [-0.3, -0.25) is 0 Å². The van der Waals surface area contributed by atoms with Crippen molar-refractivity contribution in [1.29, 1.82) is 0 Å². The highest BCUT2D eigenvalue weighted by Gasteiger charge is 2.05. The zero-order valence-electron chi connectivity index (χ0n) is 9.53. The van der Waals surface area contributed by atoms with Crippen LogP contribution in [0, 0.1) is 6.92 Å². The zero-order valence-corrected chi connectivity index (χ0v) is 10.3. The summed E-state index contributed by atoms with van der Waals surface area (Å²) in [6, 6.07) is 8.35. The fourth-order valence-electron chi connectivity index (χ4n) is 1.34. The summed E-state index contributed by atoms with van der Waals surface area (Å²) in [6.45, 7) is 5.16. The van der Waals surface area contributed by atoms with Gasteiger partial charge in [0.15, 0.2) is 0 Å². The quantitative estimate of drug-likeness (QED) is 0.880. The van der Waals surface area contributed by atoms with E-state index in [4.69, 9.17) is 0 Å². The molecule has 0 saturated carbocycles. The molecule has 0 saturated heterocycles. The lowest BCUT2D eigenvalue weighted by Gasteiger charge is -1.96. The molecule has 2 rings (SSSR count). The largest absolute Gasteiger partial charge is 0.360 e. The number of rotatable bonds is 4. The van der Waals surface area contributed by atoms with Crippen LogP contribution >= 0.6 is 11.3 Å². The van der Waals surface area contributed by atoms with Crippen LogP contribution in [0.25, 0.3) is 10.6 Å². The molecule has 1 aromatic heterocycles. The molecule has 0 amide bonds. The van der Waals surface area contributed by atoms with Gasteiger partial charge in [0, 0.05) is 12.1 Å². The summed E-state index contributed by atoms with van der Waals surface area (Å²) >= 11 is 1.60. The summed E-state index contributed by atoms with van der Waals surface area (Å²) in [5.41, 5.74) is 2.39. The van der Waals surface area contributed by atoms with E-state index in [1.54, 1.807) is 11.3 Å². The standard InChI is InChI=1S/C12H15N3S/c1-3-8-13-12-15-14-11(16-12)10-6-4-9(2)5-7-10/h4-7H,3,8H2,1-2H3,(H,13,15). The Kier molecular flexibility index (Phi) is 3.51. The minimum Gasteiger partial charge on any atom is -0.360 e. The number of hydrogen-bond acceptors (Lipinski definition) is 4. The molecule has 84 valence electrons. The number of anilines is 1. The van der Waals surface area contributed by atoms with Gasteiger partial charge in [0.25, 0.3) is 0 Å². The van der Waals surface area contributed by atoms with Crippen LogP contribution in [-0.2, 0) is 0 Å². The van der Waals surface area contributed by atoms with Crippen molar-refractivity contribution in [1.82, 2.24) is 10.2 Å². The molecule has 1 N–H and O–H groups in total. The lowest BCUT2D eigenvalue weighted by Crippen LogP contribution is -1.98. The predicted octanol–water partition coefficient (Wildman–Crippen LogP) is 3.34. The Bertz CT molecular complexity index is 448. The fourth-order valence-corrected chi connectivity index (χ4v) is 2.11. The van der Waals surface area contributed by atoms with Gasteiger partial charge >= 0.3 is 0 Å². The summed E-state index contributed by atoms with van der Waals surface area (Å²) in [5.74, 6) is 0. The highest BCUT2D eigenvalue weighted by molar-refractivity contribution is 7.18. The molecular weight excluding hydrogens is 218 g/mol. The van der Waals surface area contributed by atoms with E-state index in [9.17, 15) is 0 Å². The van der Waals surface area contributed by atoms with E-state index in [-0.39, 0.29) is 0 Å². The molecule has 0 aliphatic carbocycles. The minimum absolute atomic E-state index is 0.900. The minimum atomic E-state index is 0.900. The second-order valence-electron chi connectivity index (χ2n) is 3.71. The first-order valence-corrected chi connectivity index (χ1v) is 6.25. The number of benzene rings is 1. The molecule has 0 fully saturated rings. The van der Waals surface area contributed by atoms with Crippen LogP contribution in [0.2, 0.25) is 0 Å². The molecular formula is C12H15N3S. The van der Waals surface area contributed by atoms with Gasteiger partial charge in [-0.05, 0) is 13.3 Å². The molecule has 0 radical (unpaired) electrons. The topological polar surface area (TPSA) is 37.8 Å². The zero-order chi connectivity index (χ0) is 11.4. The lowest BCUT2D eigenvalue weighted by atomic mass is 10.2. The first-order chi connectivity index (χ1) is 7.79. The monoisotopic (exact) mass is 233 g/mol. The van der Waals surface area contributed by atoms with Crippen molar-refractivity contribution in [2.24, 2.45) is 0 Å². The van der Waals surface area contributed by atoms with Gasteiger partial charge in [0.2, 0.25) is 5.13 Å². The van der Waals surface area contributed by atoms with Gasteiger partial charge in [-0.25, -0.2) is 0 Å². The molecule has 0 aliphatic heterocycles. The molecule has 0 unspecified atom stereocenters. The molecule has 1 aromatic carbocycles. The summed E-state index contributed by atoms with van der Waals surface area (Å²) in [5, 5.41) is 13.4. The Hall–Kier alpha value is -1.42. The van der Waals surface area contributed by atoms with E-state index >= 15 is 0 Å². The van der Waals surface area contributed by atoms with Crippen LogP contribution in [0.15, 0.2) is 24.3 Å². The van der Waals surface area contributed by atoms with Crippen molar-refractivity contribution in [2.75, 3.05) is 11.9 Å². The Morgan fingerprint density at radius 1 is 1.19 bits per heavy atom. The van der Waals surface area contributed by atoms with Crippen molar-refractivity contribution in [3.8, 4) is 10.6 Å². The number of nitrogens with one attached hydrogen (secondary N) is 1. The van der Waals surface area contributed by atoms with Crippen LogP contribution in [0.3, 0.4) is 0 Å². The number of aromatic nitrogens is 2. The maximum atomic E-state index is 4.18. The smallest absolute Gasteiger partial charge is 0.206 e. The summed E-state index contributed by atoms with van der Waals surface area (Å²) in [4.78, 5) is 0. The predicted molar refractivity (Wildman–Crippen MR) is 68.9 cm³/mol. The number of nitrogens with zero attached hydrogens (tertiary/aromatic N) is 2. The summed E-state index contributed by atoms with van der Waals surface area (Å²) < 4.78 is 0. The van der Waals surface area contributed by atoms with Gasteiger partial charge in [0.1, 0.15) is 5.01 Å². The molecule has 4 heteroatoms. The van der Waals surface area contributed by atoms with Gasteiger partial charge in [-0.15, -0.1) is 10.2 Å². The fraction of sp³-hybridized carbons (Fsp3) is 0.333. The molecule has 0 atom stereocenters. The summed E-state index contributed by atoms with van der Waals surface area (Å²) in [6.07, 6.45) is 1.10. The van der Waals surface area contributed by atoms with E-state index < -0.39 is 0 Å². The second kappa shape index (κ2) is 5.07. The van der Waals surface area contributed by atoms with Crippen molar-refractivity contribution < 1.29 is 0 Å². The van der Waals surface area contributed by atoms with Crippen LogP contribution < -0.4 is 5.32 Å². The Morgan fingerprint density at radius 2 is 1.94 bits per heavy atom. The van der Waals surface area contributed by atoms with Gasteiger partial charge in [0.05, 0.1) is 0 Å². The van der Waals surface area contributed by atoms with E-state index in [0.29, 0.717) is 0 Å². The van der Waals surface area contributed by atoms with E-state index in [1.807, 2.05) is 0 Å². The van der Waals surface area contributed by atoms with Crippen molar-refractivity contribution >= 4 is 16.5 Å². The molecule has 0 bridgehead atoms. The molecule has 1 heterocycles. The normalized spacial score (nSPS) is 10.4. The second-order valence-corrected chi connectivity index (χ2v) is 4.68. The Balaban J connectivity index is 2.15. The maximum Gasteiger partial charge on any atom is 0.206 e. The van der Waals surface area contributed by atoms with E-state index in [2.05, 4.69) is 53.6 Å². The van der Waals surface area contributed by atoms with Gasteiger partial charge in [-0.2, -0.15) is 0 Å². The first kappa shape index (κ1) is 11.1. The number of hydrogen-bond donors (Lipinski definition) is 1. The maximum absolute atomic E-state index is 4.18. The molecule has 16 heavy (non-hydrogen) atoms. The van der Waals surface area contributed by atoms with Crippen LogP contribution in [0.5, 0.6) is 0 Å². The van der Waals surface area contributed by atoms with Crippen molar-refractivity contribution in [2.45, 2.75) is 20.3 Å². The summed E-state index contributed by atoms with van der Waals surface area (Å²) in [7, 11) is 0. The van der Waals surface area contributed by atoms with Crippen LogP contribution in [-0.4, -0.2) is 16.7 Å².